The van der Waals surface area contributed by atoms with Crippen molar-refractivity contribution >= 4 is 23.8 Å². The van der Waals surface area contributed by atoms with Crippen LogP contribution < -0.4 is 5.32 Å². The lowest BCUT2D eigenvalue weighted by molar-refractivity contribution is -0.143. The molecule has 6 heteroatoms. The quantitative estimate of drug-likeness (QED) is 0.836. The van der Waals surface area contributed by atoms with E-state index in [0.29, 0.717) is 19.5 Å². The van der Waals surface area contributed by atoms with E-state index in [4.69, 9.17) is 5.11 Å². The number of likely N-dealkylation sites (tertiary alicyclic amines) is 1. The molecule has 0 bridgehead atoms. The second-order valence-electron chi connectivity index (χ2n) is 6.25. The highest BCUT2D eigenvalue weighted by molar-refractivity contribution is 7.98. The molecule has 1 saturated carbocycles. The summed E-state index contributed by atoms with van der Waals surface area (Å²) in [6, 6.07) is 0.190. The lowest BCUT2D eigenvalue weighted by Crippen LogP contribution is -2.50. The number of piperidine rings is 1. The second-order valence-corrected chi connectivity index (χ2v) is 7.16. The second kappa shape index (κ2) is 7.92. The standard InChI is InChI=1S/C15H26N2O3S/c1-21-10-11-4-6-13(7-5-11)16-15(20)17-8-2-3-12(9-17)14(18)19/h11-13H,2-10H2,1H3,(H,16,20)(H,18,19). The van der Waals surface area contributed by atoms with Gasteiger partial charge in [0.05, 0.1) is 5.92 Å². The number of carboxylic acid groups (broad SMARTS) is 1. The molecule has 120 valence electrons. The zero-order valence-corrected chi connectivity index (χ0v) is 13.5. The van der Waals surface area contributed by atoms with Crippen LogP contribution in [0.25, 0.3) is 0 Å². The number of hydrogen-bond donors (Lipinski definition) is 2. The fraction of sp³-hybridized carbons (Fsp3) is 0.867. The fourth-order valence-corrected chi connectivity index (χ4v) is 4.14. The van der Waals surface area contributed by atoms with Crippen molar-refractivity contribution in [3.63, 3.8) is 0 Å². The highest BCUT2D eigenvalue weighted by Crippen LogP contribution is 2.27. The number of hydrogen-bond acceptors (Lipinski definition) is 3. The SMILES string of the molecule is CSCC1CCC(NC(=O)N2CCCC(C(=O)O)C2)CC1. The Hall–Kier alpha value is -0.910. The van der Waals surface area contributed by atoms with Gasteiger partial charge < -0.3 is 15.3 Å². The molecule has 1 aliphatic heterocycles. The van der Waals surface area contributed by atoms with Gasteiger partial charge in [-0.1, -0.05) is 0 Å². The highest BCUT2D eigenvalue weighted by Gasteiger charge is 2.30. The Morgan fingerprint density at radius 2 is 1.95 bits per heavy atom. The first-order chi connectivity index (χ1) is 10.1. The fourth-order valence-electron chi connectivity index (χ4n) is 3.34. The van der Waals surface area contributed by atoms with E-state index in [1.165, 1.54) is 18.6 Å². The highest BCUT2D eigenvalue weighted by atomic mass is 32.2. The van der Waals surface area contributed by atoms with Crippen molar-refractivity contribution < 1.29 is 14.7 Å². The van der Waals surface area contributed by atoms with E-state index in [2.05, 4.69) is 11.6 Å². The average Bonchev–Trinajstić information content (AvgIpc) is 2.49. The molecule has 2 fully saturated rings. The van der Waals surface area contributed by atoms with Gasteiger partial charge in [0.2, 0.25) is 0 Å². The van der Waals surface area contributed by atoms with E-state index in [1.807, 2.05) is 11.8 Å². The first-order valence-electron chi connectivity index (χ1n) is 7.87. The molecule has 1 aliphatic carbocycles. The minimum absolute atomic E-state index is 0.0748. The van der Waals surface area contributed by atoms with Crippen LogP contribution in [0.1, 0.15) is 38.5 Å². The van der Waals surface area contributed by atoms with Gasteiger partial charge in [0, 0.05) is 19.1 Å². The topological polar surface area (TPSA) is 69.6 Å². The van der Waals surface area contributed by atoms with E-state index in [9.17, 15) is 9.59 Å². The summed E-state index contributed by atoms with van der Waals surface area (Å²) in [4.78, 5) is 25.0. The third kappa shape index (κ3) is 4.80. The Bertz CT molecular complexity index is 370. The third-order valence-corrected chi connectivity index (χ3v) is 5.44. The van der Waals surface area contributed by atoms with Crippen molar-refractivity contribution in [3.8, 4) is 0 Å². The molecule has 2 N–H and O–H groups in total. The maximum atomic E-state index is 12.3. The predicted octanol–water partition coefficient (Wildman–Crippen LogP) is 2.41. The Morgan fingerprint density at radius 3 is 2.57 bits per heavy atom. The number of urea groups is 1. The first-order valence-corrected chi connectivity index (χ1v) is 9.26. The zero-order valence-electron chi connectivity index (χ0n) is 12.7. The van der Waals surface area contributed by atoms with Gasteiger partial charge in [-0.15, -0.1) is 0 Å². The van der Waals surface area contributed by atoms with Crippen LogP contribution in [0.2, 0.25) is 0 Å². The molecular weight excluding hydrogens is 288 g/mol. The maximum Gasteiger partial charge on any atom is 0.317 e. The molecule has 1 atom stereocenters. The van der Waals surface area contributed by atoms with Crippen molar-refractivity contribution in [2.75, 3.05) is 25.1 Å². The average molecular weight is 314 g/mol. The molecule has 0 aromatic carbocycles. The lowest BCUT2D eigenvalue weighted by atomic mass is 9.87. The Morgan fingerprint density at radius 1 is 1.24 bits per heavy atom. The van der Waals surface area contributed by atoms with Crippen LogP contribution >= 0.6 is 11.8 Å². The van der Waals surface area contributed by atoms with Crippen LogP contribution in [0.3, 0.4) is 0 Å². The summed E-state index contributed by atoms with van der Waals surface area (Å²) in [7, 11) is 0. The number of carbonyl (C=O) groups excluding carboxylic acids is 1. The van der Waals surface area contributed by atoms with Crippen LogP contribution in [0.4, 0.5) is 4.79 Å². The van der Waals surface area contributed by atoms with Crippen LogP contribution in [0.15, 0.2) is 0 Å². The molecule has 2 aliphatic rings. The third-order valence-electron chi connectivity index (χ3n) is 4.63. The molecular formula is C15H26N2O3S. The number of rotatable bonds is 4. The molecule has 2 rings (SSSR count). The minimum Gasteiger partial charge on any atom is -0.481 e. The van der Waals surface area contributed by atoms with E-state index in [-0.39, 0.29) is 12.1 Å². The summed E-state index contributed by atoms with van der Waals surface area (Å²) in [5.41, 5.74) is 0. The minimum atomic E-state index is -0.787. The number of carboxylic acids is 1. The monoisotopic (exact) mass is 314 g/mol. The first kappa shape index (κ1) is 16.5. The van der Waals surface area contributed by atoms with E-state index >= 15 is 0 Å². The summed E-state index contributed by atoms with van der Waals surface area (Å²) in [5, 5.41) is 12.2. The molecule has 1 unspecified atom stereocenters. The van der Waals surface area contributed by atoms with Gasteiger partial charge in [-0.25, -0.2) is 4.79 Å². The normalized spacial score (nSPS) is 30.0. The molecule has 0 radical (unpaired) electrons. The molecule has 0 spiro atoms. The van der Waals surface area contributed by atoms with Crippen LogP contribution in [-0.4, -0.2) is 53.1 Å². The molecule has 1 heterocycles. The molecule has 0 aromatic heterocycles. The van der Waals surface area contributed by atoms with Gasteiger partial charge in [0.1, 0.15) is 0 Å². The van der Waals surface area contributed by atoms with Crippen molar-refractivity contribution in [1.82, 2.24) is 10.2 Å². The largest absolute Gasteiger partial charge is 0.481 e. The smallest absolute Gasteiger partial charge is 0.317 e. The van der Waals surface area contributed by atoms with Crippen LogP contribution in [-0.2, 0) is 4.79 Å². The van der Waals surface area contributed by atoms with E-state index in [0.717, 1.165) is 25.2 Å². The summed E-state index contributed by atoms with van der Waals surface area (Å²) >= 11 is 1.90. The van der Waals surface area contributed by atoms with Crippen LogP contribution in [0, 0.1) is 11.8 Å². The maximum absolute atomic E-state index is 12.3. The Kier molecular flexibility index (Phi) is 6.21. The Balaban J connectivity index is 1.75. The summed E-state index contributed by atoms with van der Waals surface area (Å²) in [6.07, 6.45) is 8.07. The van der Waals surface area contributed by atoms with E-state index < -0.39 is 11.9 Å². The molecule has 1 saturated heterocycles. The number of carbonyl (C=O) groups is 2. The van der Waals surface area contributed by atoms with Crippen molar-refractivity contribution in [2.45, 2.75) is 44.6 Å². The van der Waals surface area contributed by atoms with Gasteiger partial charge in [-0.05, 0) is 56.5 Å². The molecule has 2 amide bonds. The predicted molar refractivity (Wildman–Crippen MR) is 84.6 cm³/mol. The number of nitrogens with one attached hydrogen (secondary N) is 1. The number of aliphatic carboxylic acids is 1. The number of amides is 2. The summed E-state index contributed by atoms with van der Waals surface area (Å²) < 4.78 is 0. The van der Waals surface area contributed by atoms with Gasteiger partial charge in [0.25, 0.3) is 0 Å². The van der Waals surface area contributed by atoms with Gasteiger partial charge >= 0.3 is 12.0 Å². The van der Waals surface area contributed by atoms with Crippen molar-refractivity contribution in [3.05, 3.63) is 0 Å². The summed E-state index contributed by atoms with van der Waals surface area (Å²) in [5.74, 6) is 0.819. The zero-order chi connectivity index (χ0) is 15.2. The summed E-state index contributed by atoms with van der Waals surface area (Å²) in [6.45, 7) is 1.03. The number of thioether (sulfide) groups is 1. The van der Waals surface area contributed by atoms with Crippen molar-refractivity contribution in [2.24, 2.45) is 11.8 Å². The molecule has 21 heavy (non-hydrogen) atoms. The Labute approximate surface area is 130 Å². The molecule has 0 aromatic rings. The molecule has 5 nitrogen and oxygen atoms in total. The van der Waals surface area contributed by atoms with E-state index in [1.54, 1.807) is 4.90 Å². The van der Waals surface area contributed by atoms with Crippen LogP contribution in [0.5, 0.6) is 0 Å². The van der Waals surface area contributed by atoms with Gasteiger partial charge in [-0.2, -0.15) is 11.8 Å². The lowest BCUT2D eigenvalue weighted by Gasteiger charge is -2.34. The number of nitrogens with zero attached hydrogens (tertiary/aromatic N) is 1. The van der Waals surface area contributed by atoms with Gasteiger partial charge in [0.15, 0.2) is 0 Å². The van der Waals surface area contributed by atoms with Crippen molar-refractivity contribution in [1.29, 1.82) is 0 Å². The van der Waals surface area contributed by atoms with Gasteiger partial charge in [-0.3, -0.25) is 4.79 Å².